The van der Waals surface area contributed by atoms with Gasteiger partial charge in [0, 0.05) is 25.3 Å². The van der Waals surface area contributed by atoms with Crippen LogP contribution in [-0.2, 0) is 13.0 Å². The quantitative estimate of drug-likeness (QED) is 0.514. The summed E-state index contributed by atoms with van der Waals surface area (Å²) in [6, 6.07) is 12.4. The van der Waals surface area contributed by atoms with Gasteiger partial charge in [0.2, 0.25) is 5.95 Å². The van der Waals surface area contributed by atoms with E-state index in [4.69, 9.17) is 0 Å². The number of benzene rings is 2. The number of hydrogen-bond donors (Lipinski definition) is 2. The van der Waals surface area contributed by atoms with Gasteiger partial charge in [-0.25, -0.2) is 9.97 Å². The van der Waals surface area contributed by atoms with Crippen molar-refractivity contribution in [1.82, 2.24) is 14.5 Å². The third-order valence-corrected chi connectivity index (χ3v) is 5.47. The smallest absolute Gasteiger partial charge is 0.204 e. The maximum atomic E-state index is 4.45. The highest BCUT2D eigenvalue weighted by Crippen LogP contribution is 2.32. The molecule has 0 atom stereocenters. The lowest BCUT2D eigenvalue weighted by Crippen LogP contribution is -1.94. The van der Waals surface area contributed by atoms with E-state index in [1.54, 1.807) is 11.3 Å². The summed E-state index contributed by atoms with van der Waals surface area (Å²) in [6.07, 6.45) is 1.15. The number of imidazole rings is 1. The average Bonchev–Trinajstić information content (AvgIpc) is 3.36. The molecule has 4 aromatic rings. The Morgan fingerprint density at radius 2 is 1.96 bits per heavy atom. The molecule has 0 unspecified atom stereocenters. The minimum atomic E-state index is 1.01. The fraction of sp³-hybridized carbons (Fsp3) is 0.222. The number of fused-ring (bicyclic) bond motifs is 6. The molecule has 4 heterocycles. The van der Waals surface area contributed by atoms with E-state index in [1.165, 1.54) is 21.5 Å². The van der Waals surface area contributed by atoms with Crippen LogP contribution in [0.25, 0.3) is 21.3 Å². The van der Waals surface area contributed by atoms with Crippen molar-refractivity contribution >= 4 is 44.2 Å². The molecular formula is C18H17N5S. The van der Waals surface area contributed by atoms with Crippen LogP contribution < -0.4 is 10.6 Å². The van der Waals surface area contributed by atoms with Gasteiger partial charge in [-0.15, -0.1) is 11.3 Å². The number of thiazole rings is 1. The molecule has 0 aliphatic carbocycles. The predicted octanol–water partition coefficient (Wildman–Crippen LogP) is 3.73. The van der Waals surface area contributed by atoms with E-state index >= 15 is 0 Å². The standard InChI is InChI=1S/C9H9N3.C9H8N2S/c1-2-4-8-7(3-1)11-9-10-5-6-12(8)9;1-2-8-9(12-5-11-8)6-3-4-10-7(1)6/h1-4H,5-6H2,(H,10,11);1-2,5,10H,3-4H2. The maximum absolute atomic E-state index is 4.45. The van der Waals surface area contributed by atoms with Crippen molar-refractivity contribution in [3.8, 4) is 0 Å². The SMILES string of the molecule is c1ccc2c(c1)nc1n2CCN1.c1nc2ccc3c(c2s1)CCN3. The molecule has 2 N–H and O–H groups in total. The molecule has 0 bridgehead atoms. The Morgan fingerprint density at radius 3 is 2.96 bits per heavy atom. The van der Waals surface area contributed by atoms with Gasteiger partial charge < -0.3 is 15.2 Å². The number of rotatable bonds is 0. The van der Waals surface area contributed by atoms with E-state index in [-0.39, 0.29) is 0 Å². The van der Waals surface area contributed by atoms with Gasteiger partial charge in [-0.2, -0.15) is 0 Å². The zero-order valence-corrected chi connectivity index (χ0v) is 13.9. The first-order valence-electron chi connectivity index (χ1n) is 8.18. The van der Waals surface area contributed by atoms with Crippen LogP contribution in [-0.4, -0.2) is 27.6 Å². The highest BCUT2D eigenvalue weighted by Gasteiger charge is 2.14. The Balaban J connectivity index is 0.000000109. The van der Waals surface area contributed by atoms with Crippen LogP contribution in [0.4, 0.5) is 11.6 Å². The summed E-state index contributed by atoms with van der Waals surface area (Å²) in [5.41, 5.74) is 8.13. The van der Waals surface area contributed by atoms with Gasteiger partial charge in [0.05, 0.1) is 26.8 Å². The van der Waals surface area contributed by atoms with Gasteiger partial charge in [-0.1, -0.05) is 12.1 Å². The third-order valence-electron chi connectivity index (χ3n) is 4.57. The summed E-state index contributed by atoms with van der Waals surface area (Å²) in [6.45, 7) is 3.12. The molecule has 0 amide bonds. The maximum Gasteiger partial charge on any atom is 0.204 e. The second kappa shape index (κ2) is 5.49. The molecule has 24 heavy (non-hydrogen) atoms. The van der Waals surface area contributed by atoms with Gasteiger partial charge in [0.1, 0.15) is 0 Å². The lowest BCUT2D eigenvalue weighted by molar-refractivity contribution is 0.837. The lowest BCUT2D eigenvalue weighted by Gasteiger charge is -1.98. The fourth-order valence-electron chi connectivity index (χ4n) is 3.44. The average molecular weight is 335 g/mol. The van der Waals surface area contributed by atoms with Crippen molar-refractivity contribution in [2.75, 3.05) is 23.7 Å². The summed E-state index contributed by atoms with van der Waals surface area (Å²) in [4.78, 5) is 8.73. The molecule has 6 heteroatoms. The molecule has 120 valence electrons. The lowest BCUT2D eigenvalue weighted by atomic mass is 10.1. The van der Waals surface area contributed by atoms with Crippen LogP contribution in [0.1, 0.15) is 5.56 Å². The molecule has 0 spiro atoms. The summed E-state index contributed by atoms with van der Waals surface area (Å²) < 4.78 is 3.58. The van der Waals surface area contributed by atoms with Gasteiger partial charge in [0.25, 0.3) is 0 Å². The molecule has 2 aromatic heterocycles. The van der Waals surface area contributed by atoms with Gasteiger partial charge in [0.15, 0.2) is 0 Å². The minimum Gasteiger partial charge on any atom is -0.384 e. The Kier molecular flexibility index (Phi) is 3.16. The molecule has 5 nitrogen and oxygen atoms in total. The summed E-state index contributed by atoms with van der Waals surface area (Å²) in [5.74, 6) is 1.01. The van der Waals surface area contributed by atoms with Crippen LogP contribution in [0, 0.1) is 0 Å². The van der Waals surface area contributed by atoms with Gasteiger partial charge in [-0.05, 0) is 36.2 Å². The minimum absolute atomic E-state index is 1.01. The Morgan fingerprint density at radius 1 is 1.00 bits per heavy atom. The van der Waals surface area contributed by atoms with E-state index in [0.717, 1.165) is 43.0 Å². The first-order chi connectivity index (χ1) is 11.9. The molecule has 2 aromatic carbocycles. The zero-order chi connectivity index (χ0) is 15.9. The van der Waals surface area contributed by atoms with Crippen LogP contribution in [0.5, 0.6) is 0 Å². The van der Waals surface area contributed by atoms with Crippen LogP contribution in [0.3, 0.4) is 0 Å². The van der Waals surface area contributed by atoms with Crippen molar-refractivity contribution < 1.29 is 0 Å². The van der Waals surface area contributed by atoms with Crippen LogP contribution in [0.2, 0.25) is 0 Å². The Hall–Kier alpha value is -2.60. The normalized spacial score (nSPS) is 14.7. The fourth-order valence-corrected chi connectivity index (χ4v) is 4.30. The Labute approximate surface area is 143 Å². The predicted molar refractivity (Wildman–Crippen MR) is 100 cm³/mol. The second-order valence-corrected chi connectivity index (χ2v) is 6.83. The van der Waals surface area contributed by atoms with Crippen LogP contribution >= 0.6 is 11.3 Å². The van der Waals surface area contributed by atoms with Crippen molar-refractivity contribution in [3.63, 3.8) is 0 Å². The molecule has 0 fully saturated rings. The number of para-hydroxylation sites is 2. The number of aromatic nitrogens is 3. The number of nitrogens with one attached hydrogen (secondary N) is 2. The first-order valence-corrected chi connectivity index (χ1v) is 9.06. The molecule has 6 rings (SSSR count). The monoisotopic (exact) mass is 335 g/mol. The summed E-state index contributed by atoms with van der Waals surface area (Å²) in [5, 5.41) is 6.60. The summed E-state index contributed by atoms with van der Waals surface area (Å²) >= 11 is 1.74. The third kappa shape index (κ3) is 2.14. The molecule has 0 saturated heterocycles. The molecule has 2 aliphatic rings. The number of nitrogens with zero attached hydrogens (tertiary/aromatic N) is 3. The summed E-state index contributed by atoms with van der Waals surface area (Å²) in [7, 11) is 0. The van der Waals surface area contributed by atoms with E-state index in [0.29, 0.717) is 0 Å². The van der Waals surface area contributed by atoms with E-state index in [9.17, 15) is 0 Å². The van der Waals surface area contributed by atoms with Crippen molar-refractivity contribution in [1.29, 1.82) is 0 Å². The van der Waals surface area contributed by atoms with Crippen molar-refractivity contribution in [2.45, 2.75) is 13.0 Å². The van der Waals surface area contributed by atoms with Gasteiger partial charge >= 0.3 is 0 Å². The van der Waals surface area contributed by atoms with Crippen LogP contribution in [0.15, 0.2) is 41.9 Å². The molecule has 0 saturated carbocycles. The topological polar surface area (TPSA) is 54.8 Å². The largest absolute Gasteiger partial charge is 0.384 e. The molecule has 0 radical (unpaired) electrons. The van der Waals surface area contributed by atoms with E-state index in [1.807, 2.05) is 17.6 Å². The highest BCUT2D eigenvalue weighted by atomic mass is 32.1. The molecule has 2 aliphatic heterocycles. The Bertz CT molecular complexity index is 1030. The van der Waals surface area contributed by atoms with Crippen molar-refractivity contribution in [2.24, 2.45) is 0 Å². The number of anilines is 2. The number of hydrogen-bond acceptors (Lipinski definition) is 5. The van der Waals surface area contributed by atoms with Crippen molar-refractivity contribution in [3.05, 3.63) is 47.5 Å². The zero-order valence-electron chi connectivity index (χ0n) is 13.1. The highest BCUT2D eigenvalue weighted by molar-refractivity contribution is 7.17. The molecular weight excluding hydrogens is 318 g/mol. The van der Waals surface area contributed by atoms with E-state index in [2.05, 4.69) is 49.4 Å². The first kappa shape index (κ1) is 13.8. The second-order valence-electron chi connectivity index (χ2n) is 5.97. The van der Waals surface area contributed by atoms with E-state index < -0.39 is 0 Å². The van der Waals surface area contributed by atoms with Gasteiger partial charge in [-0.3, -0.25) is 0 Å².